The first-order valence-corrected chi connectivity index (χ1v) is 8.20. The van der Waals surface area contributed by atoms with Crippen LogP contribution in [0.2, 0.25) is 0 Å². The van der Waals surface area contributed by atoms with Crippen LogP contribution in [0.3, 0.4) is 0 Å². The number of hydrogen-bond donors (Lipinski definition) is 1. The molecule has 0 saturated heterocycles. The van der Waals surface area contributed by atoms with Crippen LogP contribution in [0.5, 0.6) is 0 Å². The topological polar surface area (TPSA) is 37.3 Å². The predicted molar refractivity (Wildman–Crippen MR) is 88.9 cm³/mol. The quantitative estimate of drug-likeness (QED) is 0.884. The Hall–Kier alpha value is -2.37. The maximum Gasteiger partial charge on any atom is 0.322 e. The number of urea groups is 1. The molecule has 24 heavy (non-hydrogen) atoms. The normalized spacial score (nSPS) is 16.8. The number of carbonyl (C=O) groups is 1. The van der Waals surface area contributed by atoms with Crippen molar-refractivity contribution in [1.82, 2.24) is 9.47 Å². The van der Waals surface area contributed by atoms with Gasteiger partial charge in [0, 0.05) is 30.5 Å². The molecule has 0 spiro atoms. The molecule has 1 aliphatic heterocycles. The highest BCUT2D eigenvalue weighted by molar-refractivity contribution is 5.89. The van der Waals surface area contributed by atoms with Crippen LogP contribution in [0.25, 0.3) is 0 Å². The SMILES string of the molecule is CCC[C@H]1c2ccc(C)n2CCN1C(=O)Nc1ccc(F)cc1F. The number of benzene rings is 1. The lowest BCUT2D eigenvalue weighted by molar-refractivity contribution is 0.162. The zero-order chi connectivity index (χ0) is 17.3. The van der Waals surface area contributed by atoms with Crippen LogP contribution in [-0.2, 0) is 6.54 Å². The molecule has 6 heteroatoms. The number of hydrogen-bond acceptors (Lipinski definition) is 1. The number of aryl methyl sites for hydroxylation is 1. The molecule has 1 aliphatic rings. The van der Waals surface area contributed by atoms with Crippen molar-refractivity contribution in [1.29, 1.82) is 0 Å². The lowest BCUT2D eigenvalue weighted by Gasteiger charge is -2.37. The molecule has 128 valence electrons. The number of rotatable bonds is 3. The molecule has 1 aromatic carbocycles. The van der Waals surface area contributed by atoms with E-state index in [1.54, 1.807) is 4.90 Å². The van der Waals surface area contributed by atoms with Crippen molar-refractivity contribution in [3.05, 3.63) is 53.4 Å². The van der Waals surface area contributed by atoms with Crippen LogP contribution in [0.4, 0.5) is 19.3 Å². The van der Waals surface area contributed by atoms with Gasteiger partial charge in [0.2, 0.25) is 0 Å². The molecule has 1 aromatic heterocycles. The first kappa shape index (κ1) is 16.5. The van der Waals surface area contributed by atoms with Gasteiger partial charge in [0.25, 0.3) is 0 Å². The predicted octanol–water partition coefficient (Wildman–Crippen LogP) is 4.46. The smallest absolute Gasteiger partial charge is 0.322 e. The second kappa shape index (κ2) is 6.63. The Morgan fingerprint density at radius 1 is 1.25 bits per heavy atom. The van der Waals surface area contributed by atoms with Gasteiger partial charge in [-0.25, -0.2) is 13.6 Å². The molecule has 1 atom stereocenters. The van der Waals surface area contributed by atoms with Gasteiger partial charge in [0.05, 0.1) is 11.7 Å². The van der Waals surface area contributed by atoms with E-state index in [2.05, 4.69) is 29.8 Å². The molecule has 4 nitrogen and oxygen atoms in total. The molecule has 2 amide bonds. The fourth-order valence-corrected chi connectivity index (χ4v) is 3.31. The van der Waals surface area contributed by atoms with Crippen LogP contribution in [-0.4, -0.2) is 22.0 Å². The molecule has 0 radical (unpaired) electrons. The molecule has 2 aromatic rings. The number of nitrogens with zero attached hydrogens (tertiary/aromatic N) is 2. The number of fused-ring (bicyclic) bond motifs is 1. The number of amides is 2. The Labute approximate surface area is 140 Å². The summed E-state index contributed by atoms with van der Waals surface area (Å²) in [6.07, 6.45) is 1.77. The minimum Gasteiger partial charge on any atom is -0.345 e. The van der Waals surface area contributed by atoms with Crippen molar-refractivity contribution >= 4 is 11.7 Å². The third kappa shape index (κ3) is 3.00. The van der Waals surface area contributed by atoms with Crippen molar-refractivity contribution < 1.29 is 13.6 Å². The first-order chi connectivity index (χ1) is 11.5. The maximum atomic E-state index is 13.8. The number of halogens is 2. The second-order valence-electron chi connectivity index (χ2n) is 6.10. The molecule has 0 aliphatic carbocycles. The molecule has 1 N–H and O–H groups in total. The van der Waals surface area contributed by atoms with Gasteiger partial charge in [-0.3, -0.25) is 0 Å². The molecule has 3 rings (SSSR count). The number of anilines is 1. The fourth-order valence-electron chi connectivity index (χ4n) is 3.31. The van der Waals surface area contributed by atoms with Crippen molar-refractivity contribution in [3.8, 4) is 0 Å². The van der Waals surface area contributed by atoms with Crippen molar-refractivity contribution in [2.75, 3.05) is 11.9 Å². The van der Waals surface area contributed by atoms with Gasteiger partial charge in [-0.15, -0.1) is 0 Å². The van der Waals surface area contributed by atoms with Crippen molar-refractivity contribution in [2.24, 2.45) is 0 Å². The summed E-state index contributed by atoms with van der Waals surface area (Å²) in [5.41, 5.74) is 2.28. The molecule has 0 bridgehead atoms. The van der Waals surface area contributed by atoms with Crippen LogP contribution in [0.1, 0.15) is 37.2 Å². The van der Waals surface area contributed by atoms with E-state index in [9.17, 15) is 13.6 Å². The van der Waals surface area contributed by atoms with Gasteiger partial charge in [-0.05, 0) is 37.6 Å². The first-order valence-electron chi connectivity index (χ1n) is 8.20. The van der Waals surface area contributed by atoms with Gasteiger partial charge in [-0.2, -0.15) is 0 Å². The van der Waals surface area contributed by atoms with E-state index in [1.807, 2.05) is 6.07 Å². The Morgan fingerprint density at radius 3 is 2.75 bits per heavy atom. The van der Waals surface area contributed by atoms with Gasteiger partial charge < -0.3 is 14.8 Å². The summed E-state index contributed by atoms with van der Waals surface area (Å²) in [5.74, 6) is -1.44. The van der Waals surface area contributed by atoms with E-state index in [-0.39, 0.29) is 17.8 Å². The van der Waals surface area contributed by atoms with Crippen LogP contribution in [0.15, 0.2) is 30.3 Å². The minimum atomic E-state index is -0.772. The highest BCUT2D eigenvalue weighted by Crippen LogP contribution is 2.32. The monoisotopic (exact) mass is 333 g/mol. The number of aromatic nitrogens is 1. The summed E-state index contributed by atoms with van der Waals surface area (Å²) in [4.78, 5) is 14.4. The molecular weight excluding hydrogens is 312 g/mol. The van der Waals surface area contributed by atoms with E-state index >= 15 is 0 Å². The largest absolute Gasteiger partial charge is 0.345 e. The second-order valence-corrected chi connectivity index (χ2v) is 6.10. The summed E-state index contributed by atoms with van der Waals surface area (Å²) in [5, 5.41) is 2.57. The average molecular weight is 333 g/mol. The minimum absolute atomic E-state index is 0.00575. The maximum absolute atomic E-state index is 13.8. The lowest BCUT2D eigenvalue weighted by Crippen LogP contribution is -2.44. The third-order valence-electron chi connectivity index (χ3n) is 4.51. The van der Waals surface area contributed by atoms with E-state index in [0.717, 1.165) is 30.7 Å². The van der Waals surface area contributed by atoms with Gasteiger partial charge in [0.15, 0.2) is 0 Å². The Morgan fingerprint density at radius 2 is 2.04 bits per heavy atom. The van der Waals surface area contributed by atoms with Crippen LogP contribution >= 0.6 is 0 Å². The number of nitrogens with one attached hydrogen (secondary N) is 1. The van der Waals surface area contributed by atoms with Gasteiger partial charge in [-0.1, -0.05) is 13.3 Å². The molecule has 0 fully saturated rings. The highest BCUT2D eigenvalue weighted by atomic mass is 19.1. The van der Waals surface area contributed by atoms with Crippen LogP contribution < -0.4 is 5.32 Å². The third-order valence-corrected chi connectivity index (χ3v) is 4.51. The van der Waals surface area contributed by atoms with Crippen molar-refractivity contribution in [2.45, 2.75) is 39.3 Å². The summed E-state index contributed by atoms with van der Waals surface area (Å²) < 4.78 is 29.0. The zero-order valence-corrected chi connectivity index (χ0v) is 13.9. The van der Waals surface area contributed by atoms with E-state index in [4.69, 9.17) is 0 Å². The van der Waals surface area contributed by atoms with Gasteiger partial charge >= 0.3 is 6.03 Å². The average Bonchev–Trinajstić information content (AvgIpc) is 2.92. The Bertz CT molecular complexity index is 757. The van der Waals surface area contributed by atoms with Gasteiger partial charge in [0.1, 0.15) is 11.6 Å². The Balaban J connectivity index is 1.83. The standard InChI is InChI=1S/C18H21F2N3O/c1-3-4-16-17-8-5-12(2)22(17)9-10-23(16)18(24)21-15-7-6-13(19)11-14(15)20/h5-8,11,16H,3-4,9-10H2,1-2H3,(H,21,24)/t16-/m0/s1. The zero-order valence-electron chi connectivity index (χ0n) is 13.9. The summed E-state index contributed by atoms with van der Waals surface area (Å²) >= 11 is 0. The lowest BCUT2D eigenvalue weighted by atomic mass is 10.0. The summed E-state index contributed by atoms with van der Waals surface area (Å²) in [6.45, 7) is 5.40. The molecular formula is C18H21F2N3O. The van der Waals surface area contributed by atoms with E-state index < -0.39 is 11.6 Å². The fraction of sp³-hybridized carbons (Fsp3) is 0.389. The molecule has 0 unspecified atom stereocenters. The summed E-state index contributed by atoms with van der Waals surface area (Å²) in [7, 11) is 0. The van der Waals surface area contributed by atoms with Crippen LogP contribution in [0, 0.1) is 18.6 Å². The van der Waals surface area contributed by atoms with E-state index in [1.165, 1.54) is 11.8 Å². The Kier molecular flexibility index (Phi) is 4.55. The highest BCUT2D eigenvalue weighted by Gasteiger charge is 2.31. The number of carbonyl (C=O) groups excluding carboxylic acids is 1. The van der Waals surface area contributed by atoms with E-state index in [0.29, 0.717) is 13.1 Å². The van der Waals surface area contributed by atoms with Crippen molar-refractivity contribution in [3.63, 3.8) is 0 Å². The molecule has 2 heterocycles. The molecule has 0 saturated carbocycles. The summed E-state index contributed by atoms with van der Waals surface area (Å²) in [6, 6.07) is 6.85.